The number of likely N-dealkylation sites (tertiary alicyclic amines) is 1. The number of rotatable bonds is 9. The molecule has 3 rings (SSSR count). The molecule has 1 aliphatic rings. The van der Waals surface area contributed by atoms with Gasteiger partial charge in [0.15, 0.2) is 11.5 Å². The van der Waals surface area contributed by atoms with Gasteiger partial charge in [0.25, 0.3) is 0 Å². The Labute approximate surface area is 219 Å². The number of hydrogen-bond acceptors (Lipinski definition) is 8. The summed E-state index contributed by atoms with van der Waals surface area (Å²) < 4.78 is 23.6. The number of hydrogen-bond donors (Lipinski definition) is 3. The number of carbonyl (C=O) groups excluding carboxylic acids is 3. The quantitative estimate of drug-likeness (QED) is 0.257. The Balaban J connectivity index is 1.86. The molecule has 0 radical (unpaired) electrons. The molecule has 1 fully saturated rings. The average Bonchev–Trinajstić information content (AvgIpc) is 2.89. The van der Waals surface area contributed by atoms with Crippen LogP contribution in [0.1, 0.15) is 42.1 Å². The number of aromatic nitrogens is 1. The van der Waals surface area contributed by atoms with Crippen molar-refractivity contribution in [1.82, 2.24) is 15.2 Å². The Morgan fingerprint density at radius 1 is 1.21 bits per heavy atom. The van der Waals surface area contributed by atoms with Crippen LogP contribution in [0.4, 0.5) is 4.39 Å². The Morgan fingerprint density at radius 2 is 1.87 bits per heavy atom. The summed E-state index contributed by atoms with van der Waals surface area (Å²) >= 11 is 0. The number of nitrogens with two attached hydrogens (primary N) is 1. The summed E-state index contributed by atoms with van der Waals surface area (Å²) in [6.07, 6.45) is 2.28. The molecule has 0 atom stereocenters. The number of halogens is 1. The topological polar surface area (TPSA) is 144 Å². The SMILES string of the molecule is C=C(NC(=O)COC)c1cc(Cc2ccc(F)cc2)cnc1/C(O)=C(\N)C(=O)OC1CCN(C(C)=O)CC1. The lowest BCUT2D eigenvalue weighted by Crippen LogP contribution is -2.40. The third-order valence-corrected chi connectivity index (χ3v) is 6.02. The molecule has 202 valence electrons. The average molecular weight is 527 g/mol. The van der Waals surface area contributed by atoms with Crippen LogP contribution in [0.15, 0.2) is 48.8 Å². The zero-order chi connectivity index (χ0) is 27.8. The number of ether oxygens (including phenoxy) is 2. The predicted octanol–water partition coefficient (Wildman–Crippen LogP) is 2.28. The van der Waals surface area contributed by atoms with Crippen molar-refractivity contribution in [3.8, 4) is 0 Å². The van der Waals surface area contributed by atoms with Gasteiger partial charge in [0.05, 0.1) is 0 Å². The first kappa shape index (κ1) is 28.3. The number of piperidine rings is 1. The number of carbonyl (C=O) groups is 3. The maximum absolute atomic E-state index is 13.3. The Morgan fingerprint density at radius 3 is 2.47 bits per heavy atom. The maximum Gasteiger partial charge on any atom is 0.358 e. The third kappa shape index (κ3) is 7.39. The van der Waals surface area contributed by atoms with Crippen molar-refractivity contribution in [3.05, 3.63) is 77.0 Å². The first-order valence-corrected chi connectivity index (χ1v) is 12.0. The summed E-state index contributed by atoms with van der Waals surface area (Å²) in [6, 6.07) is 7.57. The molecule has 1 aliphatic heterocycles. The highest BCUT2D eigenvalue weighted by molar-refractivity contribution is 5.96. The van der Waals surface area contributed by atoms with Crippen LogP contribution in [0.25, 0.3) is 11.5 Å². The number of methoxy groups -OCH3 is 1. The van der Waals surface area contributed by atoms with E-state index in [0.717, 1.165) is 5.56 Å². The summed E-state index contributed by atoms with van der Waals surface area (Å²) in [6.45, 7) is 6.02. The lowest BCUT2D eigenvalue weighted by Gasteiger charge is -2.30. The molecule has 2 heterocycles. The minimum atomic E-state index is -0.930. The highest BCUT2D eigenvalue weighted by Crippen LogP contribution is 2.25. The molecule has 11 heteroatoms. The molecular formula is C27H31FN4O6. The van der Waals surface area contributed by atoms with Crippen molar-refractivity contribution in [2.24, 2.45) is 5.73 Å². The van der Waals surface area contributed by atoms with Gasteiger partial charge in [-0.05, 0) is 35.7 Å². The molecule has 1 aromatic carbocycles. The highest BCUT2D eigenvalue weighted by atomic mass is 19.1. The van der Waals surface area contributed by atoms with Crippen molar-refractivity contribution in [2.75, 3.05) is 26.8 Å². The predicted molar refractivity (Wildman–Crippen MR) is 138 cm³/mol. The van der Waals surface area contributed by atoms with Crippen LogP contribution in [0.2, 0.25) is 0 Å². The largest absolute Gasteiger partial charge is 0.504 e. The molecule has 38 heavy (non-hydrogen) atoms. The zero-order valence-corrected chi connectivity index (χ0v) is 21.3. The highest BCUT2D eigenvalue weighted by Gasteiger charge is 2.27. The van der Waals surface area contributed by atoms with Crippen LogP contribution in [-0.2, 0) is 30.3 Å². The molecule has 0 aliphatic carbocycles. The molecule has 0 saturated carbocycles. The summed E-state index contributed by atoms with van der Waals surface area (Å²) in [5, 5.41) is 13.5. The number of amides is 2. The zero-order valence-electron chi connectivity index (χ0n) is 21.3. The van der Waals surface area contributed by atoms with Crippen LogP contribution >= 0.6 is 0 Å². The summed E-state index contributed by atoms with van der Waals surface area (Å²) in [4.78, 5) is 42.3. The molecule has 2 amide bonds. The molecule has 2 aromatic rings. The van der Waals surface area contributed by atoms with Gasteiger partial charge in [-0.1, -0.05) is 18.7 Å². The first-order valence-electron chi connectivity index (χ1n) is 12.0. The number of esters is 1. The van der Waals surface area contributed by atoms with Crippen molar-refractivity contribution in [1.29, 1.82) is 0 Å². The van der Waals surface area contributed by atoms with E-state index in [-0.39, 0.29) is 35.3 Å². The van der Waals surface area contributed by atoms with E-state index >= 15 is 0 Å². The second-order valence-electron chi connectivity index (χ2n) is 8.88. The van der Waals surface area contributed by atoms with Gasteiger partial charge in [-0.25, -0.2) is 9.18 Å². The van der Waals surface area contributed by atoms with Gasteiger partial charge >= 0.3 is 5.97 Å². The lowest BCUT2D eigenvalue weighted by atomic mass is 10.0. The van der Waals surface area contributed by atoms with E-state index in [1.807, 2.05) is 0 Å². The Bertz CT molecular complexity index is 1240. The van der Waals surface area contributed by atoms with Crippen molar-refractivity contribution >= 4 is 29.2 Å². The van der Waals surface area contributed by atoms with E-state index in [0.29, 0.717) is 37.9 Å². The van der Waals surface area contributed by atoms with Crippen LogP contribution in [0.3, 0.4) is 0 Å². The second kappa shape index (κ2) is 12.8. The van der Waals surface area contributed by atoms with E-state index in [1.165, 1.54) is 32.4 Å². The van der Waals surface area contributed by atoms with Gasteiger partial charge in [0.1, 0.15) is 24.2 Å². The number of pyridine rings is 1. The minimum absolute atomic E-state index is 0.0499. The van der Waals surface area contributed by atoms with Gasteiger partial charge in [0, 0.05) is 57.4 Å². The second-order valence-corrected chi connectivity index (χ2v) is 8.88. The smallest absolute Gasteiger partial charge is 0.358 e. The van der Waals surface area contributed by atoms with Crippen LogP contribution in [0, 0.1) is 5.82 Å². The van der Waals surface area contributed by atoms with E-state index < -0.39 is 29.4 Å². The van der Waals surface area contributed by atoms with Crippen molar-refractivity contribution < 1.29 is 33.4 Å². The van der Waals surface area contributed by atoms with E-state index in [2.05, 4.69) is 16.9 Å². The van der Waals surface area contributed by atoms with Gasteiger partial charge in [0.2, 0.25) is 11.8 Å². The number of nitrogens with one attached hydrogen (secondary N) is 1. The van der Waals surface area contributed by atoms with Crippen LogP contribution < -0.4 is 11.1 Å². The molecule has 0 spiro atoms. The van der Waals surface area contributed by atoms with Crippen LogP contribution in [0.5, 0.6) is 0 Å². The Hall–Kier alpha value is -4.25. The monoisotopic (exact) mass is 526 g/mol. The minimum Gasteiger partial charge on any atom is -0.504 e. The summed E-state index contributed by atoms with van der Waals surface area (Å²) in [5.74, 6) is -2.46. The molecule has 4 N–H and O–H groups in total. The fourth-order valence-corrected chi connectivity index (χ4v) is 3.99. The fraction of sp³-hybridized carbons (Fsp3) is 0.333. The molecule has 10 nitrogen and oxygen atoms in total. The summed E-state index contributed by atoms with van der Waals surface area (Å²) in [7, 11) is 1.36. The number of aliphatic hydroxyl groups excluding tert-OH is 1. The Kier molecular flexibility index (Phi) is 9.55. The van der Waals surface area contributed by atoms with Crippen LogP contribution in [-0.4, -0.2) is 65.7 Å². The van der Waals surface area contributed by atoms with Gasteiger partial charge in [-0.3, -0.25) is 14.6 Å². The summed E-state index contributed by atoms with van der Waals surface area (Å²) in [5.41, 5.74) is 7.10. The van der Waals surface area contributed by atoms with Gasteiger partial charge < -0.3 is 30.5 Å². The fourth-order valence-electron chi connectivity index (χ4n) is 3.99. The van der Waals surface area contributed by atoms with Crippen molar-refractivity contribution in [3.63, 3.8) is 0 Å². The van der Waals surface area contributed by atoms with E-state index in [4.69, 9.17) is 15.2 Å². The molecule has 1 saturated heterocycles. The number of aliphatic hydroxyl groups is 1. The third-order valence-electron chi connectivity index (χ3n) is 6.02. The standard InChI is InChI=1S/C27H31FN4O6/c1-16(31-23(34)15-37-3)22-13-19(12-18-4-6-20(28)7-5-18)14-30-25(22)26(35)24(29)27(36)38-21-8-10-32(11-9-21)17(2)33/h4-7,13-14,21,35H,1,8-12,15,29H2,2-3H3,(H,31,34)/b26-24+. The van der Waals surface area contributed by atoms with Crippen molar-refractivity contribution in [2.45, 2.75) is 32.3 Å². The number of nitrogens with zero attached hydrogens (tertiary/aromatic N) is 2. The molecule has 0 unspecified atom stereocenters. The molecular weight excluding hydrogens is 495 g/mol. The first-order chi connectivity index (χ1) is 18.1. The van der Waals surface area contributed by atoms with E-state index in [9.17, 15) is 23.9 Å². The normalized spacial score (nSPS) is 14.4. The lowest BCUT2D eigenvalue weighted by molar-refractivity contribution is -0.147. The van der Waals surface area contributed by atoms with Gasteiger partial charge in [-0.15, -0.1) is 0 Å². The maximum atomic E-state index is 13.3. The van der Waals surface area contributed by atoms with Gasteiger partial charge in [-0.2, -0.15) is 0 Å². The van der Waals surface area contributed by atoms with E-state index in [1.54, 1.807) is 23.1 Å². The molecule has 0 bridgehead atoms. The number of benzene rings is 1. The molecule has 1 aromatic heterocycles.